The SMILES string of the molecule is Bc1c(B)c(-c2c3c(B)c(B)c(B)c(B)c3c(-c3c(B)c4c(B)c(B)c(B)c(B)c4c4c(B)c(B)c(B)c(B)c34)c3c(B)c(B)c(B)c(B)c23)c(B)c(B)c1-c1c(B)c(B)c2c(oc3c(B)c4c(B)c(B)c(B)c(B)c4c(B)c32)c1B. The third-order valence-electron chi connectivity index (χ3n) is 23.5. The van der Waals surface area contributed by atoms with Gasteiger partial charge in [0.15, 0.2) is 0 Å². The van der Waals surface area contributed by atoms with Crippen molar-refractivity contribution in [2.75, 3.05) is 0 Å². The Labute approximate surface area is 509 Å². The first kappa shape index (κ1) is 58.0. The van der Waals surface area contributed by atoms with E-state index in [2.05, 4.69) is 235 Å². The number of hydrogen-bond acceptors (Lipinski definition) is 1. The number of rotatable bonds is 3. The van der Waals surface area contributed by atoms with Gasteiger partial charge in [0.25, 0.3) is 0 Å². The summed E-state index contributed by atoms with van der Waals surface area (Å²) in [6.45, 7) is 0. The molecule has 11 rings (SSSR count). The van der Waals surface area contributed by atoms with E-state index in [1.807, 2.05) is 0 Å². The van der Waals surface area contributed by atoms with E-state index in [-0.39, 0.29) is 0 Å². The van der Waals surface area contributed by atoms with Gasteiger partial charge < -0.3 is 4.42 Å². The molecule has 1 heterocycles. The maximum atomic E-state index is 7.34. The zero-order valence-electron chi connectivity index (χ0n) is 55.4. The van der Waals surface area contributed by atoms with Crippen molar-refractivity contribution in [3.05, 3.63) is 0 Å². The lowest BCUT2D eigenvalue weighted by molar-refractivity contribution is 0.675. The molecule has 0 N–H and O–H groups in total. The third kappa shape index (κ3) is 7.30. The van der Waals surface area contributed by atoms with E-state index in [1.165, 1.54) is 262 Å². The summed E-state index contributed by atoms with van der Waals surface area (Å²) in [6, 6.07) is 0. The van der Waals surface area contributed by atoms with Gasteiger partial charge in [0.2, 0.25) is 0 Å². The van der Waals surface area contributed by atoms with E-state index in [1.54, 1.807) is 0 Å². The predicted molar refractivity (Wildman–Crippen MR) is 463 cm³/mol. The monoisotopic (exact) mass is 1010 g/mol. The second kappa shape index (κ2) is 19.4. The second-order valence-electron chi connectivity index (χ2n) is 26.3. The second-order valence-corrected chi connectivity index (χ2v) is 26.3. The minimum atomic E-state index is 1.02. The van der Waals surface area contributed by atoms with Crippen LogP contribution in [0.25, 0.3) is 109 Å². The van der Waals surface area contributed by atoms with Crippen molar-refractivity contribution >= 4 is 475 Å². The fourth-order valence-corrected chi connectivity index (χ4v) is 16.7. The molecule has 31 heteroatoms. The Balaban J connectivity index is 1.34. The summed E-state index contributed by atoms with van der Waals surface area (Å²) in [5.41, 5.74) is 51.4. The molecular weight excluding hydrogens is 941 g/mol. The number of furan rings is 1. The molecule has 0 spiro atoms. The smallest absolute Gasteiger partial charge is 0.145 e. The fourth-order valence-electron chi connectivity index (χ4n) is 16.7. The molecular formula is C50H60B30O. The van der Waals surface area contributed by atoms with Gasteiger partial charge in [-0.15, -0.1) is 54.6 Å². The van der Waals surface area contributed by atoms with Crippen LogP contribution in [0, 0.1) is 0 Å². The van der Waals surface area contributed by atoms with Crippen LogP contribution < -0.4 is 164 Å². The number of fused-ring (bicyclic) bond motifs is 9. The van der Waals surface area contributed by atoms with Gasteiger partial charge in [0, 0.05) is 10.8 Å². The Morgan fingerprint density at radius 1 is 0.111 bits per heavy atom. The molecule has 0 aliphatic carbocycles. The van der Waals surface area contributed by atoms with Crippen molar-refractivity contribution in [1.82, 2.24) is 0 Å². The highest BCUT2D eigenvalue weighted by Gasteiger charge is 2.33. The van der Waals surface area contributed by atoms with E-state index < -0.39 is 0 Å². The summed E-state index contributed by atoms with van der Waals surface area (Å²) in [7, 11) is 71.4. The molecule has 1 nitrogen and oxygen atoms in total. The highest BCUT2D eigenvalue weighted by Crippen LogP contribution is 2.42. The minimum absolute atomic E-state index is 1.02. The third-order valence-corrected chi connectivity index (χ3v) is 23.5. The first-order valence-electron chi connectivity index (χ1n) is 30.2. The zero-order valence-corrected chi connectivity index (χ0v) is 55.4. The molecule has 81 heavy (non-hydrogen) atoms. The van der Waals surface area contributed by atoms with Crippen LogP contribution in [0.5, 0.6) is 0 Å². The van der Waals surface area contributed by atoms with Gasteiger partial charge in [0.05, 0.1) is 0 Å². The zero-order chi connectivity index (χ0) is 59.6. The molecule has 0 fully saturated rings. The standard InChI is InChI=1S/C50H60B30O/c51-19-3(8-9(26(58)44(76)43(75)25(8)57)10-12(19)33(65)46(78)45(77)27(10)59)1-4-6(23(55)41(73)39(71)21(4)53)2(7-5(1)22(54)40(72)42(74)24(7)56)11-28(60)30(62)14(31(63)29(11)61)16-32(64)36(68)18-17-20(52)13-15(35(67)48(80)47(79)34(13)66)37(69)49(17)81-50(18)38(16)70/h51-80H2. The van der Waals surface area contributed by atoms with E-state index in [4.69, 9.17) is 4.42 Å². The lowest BCUT2D eigenvalue weighted by atomic mass is 9.55. The maximum absolute atomic E-state index is 7.34. The Hall–Kier alpha value is -4.75. The van der Waals surface area contributed by atoms with Crippen LogP contribution in [0.2, 0.25) is 0 Å². The van der Waals surface area contributed by atoms with E-state index in [0.717, 1.165) is 11.2 Å². The molecule has 0 atom stereocenters. The van der Waals surface area contributed by atoms with Gasteiger partial charge in [-0.2, -0.15) is 0 Å². The first-order valence-corrected chi connectivity index (χ1v) is 30.2. The van der Waals surface area contributed by atoms with Gasteiger partial charge in [-0.25, -0.2) is 0 Å². The van der Waals surface area contributed by atoms with Crippen molar-refractivity contribution in [2.45, 2.75) is 0 Å². The van der Waals surface area contributed by atoms with Gasteiger partial charge in [-0.1, -0.05) is 98.3 Å². The average Bonchev–Trinajstić information content (AvgIpc) is 2.11. The molecule has 0 saturated carbocycles. The summed E-state index contributed by atoms with van der Waals surface area (Å²) in [4.78, 5) is 0. The highest BCUT2D eigenvalue weighted by atomic mass is 16.3. The van der Waals surface area contributed by atoms with E-state index in [0.29, 0.717) is 0 Å². The molecule has 0 amide bonds. The fraction of sp³-hybridized carbons (Fsp3) is 0. The Morgan fingerprint density at radius 2 is 0.309 bits per heavy atom. The maximum Gasteiger partial charge on any atom is 0.145 e. The molecule has 11 aromatic rings. The van der Waals surface area contributed by atoms with Gasteiger partial charge >= 0.3 is 0 Å². The van der Waals surface area contributed by atoms with Crippen LogP contribution in [-0.2, 0) is 0 Å². The highest BCUT2D eigenvalue weighted by molar-refractivity contribution is 6.79. The number of hydrogen-bond donors (Lipinski definition) is 0. The van der Waals surface area contributed by atoms with Crippen LogP contribution in [0.15, 0.2) is 4.42 Å². The topological polar surface area (TPSA) is 13.1 Å². The van der Waals surface area contributed by atoms with Crippen LogP contribution in [0.4, 0.5) is 0 Å². The molecule has 0 unspecified atom stereocenters. The molecule has 10 aromatic carbocycles. The first-order chi connectivity index (χ1) is 37.8. The average molecular weight is 1000 g/mol. The molecule has 0 radical (unpaired) electrons. The minimum Gasteiger partial charge on any atom is -0.457 e. The van der Waals surface area contributed by atoms with Crippen molar-refractivity contribution in [3.8, 4) is 33.4 Å². The lowest BCUT2D eigenvalue weighted by Crippen LogP contribution is -2.52. The molecule has 1 aromatic heterocycles. The molecule has 0 aliphatic rings. The molecule has 0 aliphatic heterocycles. The summed E-state index contributed by atoms with van der Waals surface area (Å²) in [5, 5.41) is 16.6. The Kier molecular flexibility index (Phi) is 13.9. The van der Waals surface area contributed by atoms with Gasteiger partial charge in [-0.3, -0.25) is 0 Å². The summed E-state index contributed by atoms with van der Waals surface area (Å²) < 4.78 is 7.34. The predicted octanol–water partition coefficient (Wildman–Crippen LogP) is -37.9. The van der Waals surface area contributed by atoms with Crippen molar-refractivity contribution < 1.29 is 4.42 Å². The number of benzene rings is 10. The molecule has 0 saturated heterocycles. The normalized spacial score (nSPS) is 12.0. The van der Waals surface area contributed by atoms with Crippen molar-refractivity contribution in [1.29, 1.82) is 0 Å². The lowest BCUT2D eigenvalue weighted by Gasteiger charge is -2.33. The van der Waals surface area contributed by atoms with Crippen LogP contribution in [0.1, 0.15) is 0 Å². The largest absolute Gasteiger partial charge is 0.457 e. The summed E-state index contributed by atoms with van der Waals surface area (Å²) in [6.07, 6.45) is 0. The van der Waals surface area contributed by atoms with Crippen LogP contribution in [0.3, 0.4) is 0 Å². The van der Waals surface area contributed by atoms with Crippen LogP contribution in [-0.4, -0.2) is 235 Å². The Morgan fingerprint density at radius 3 is 0.667 bits per heavy atom. The molecule has 0 bridgehead atoms. The summed E-state index contributed by atoms with van der Waals surface area (Å²) in [5.74, 6) is 0. The van der Waals surface area contributed by atoms with Crippen molar-refractivity contribution in [2.24, 2.45) is 0 Å². The van der Waals surface area contributed by atoms with Gasteiger partial charge in [0.1, 0.15) is 247 Å². The van der Waals surface area contributed by atoms with E-state index >= 15 is 0 Å². The Bertz CT molecular complexity index is 4820. The van der Waals surface area contributed by atoms with Crippen LogP contribution >= 0.6 is 0 Å². The van der Waals surface area contributed by atoms with Crippen molar-refractivity contribution in [3.63, 3.8) is 0 Å². The molecule has 356 valence electrons. The van der Waals surface area contributed by atoms with Gasteiger partial charge in [-0.05, 0) is 98.2 Å². The van der Waals surface area contributed by atoms with E-state index in [9.17, 15) is 0 Å². The summed E-state index contributed by atoms with van der Waals surface area (Å²) >= 11 is 0. The quantitative estimate of drug-likeness (QED) is 0.0977.